The second-order valence-electron chi connectivity index (χ2n) is 8.71. The van der Waals surface area contributed by atoms with Gasteiger partial charge in [-0.15, -0.1) is 0 Å². The Morgan fingerprint density at radius 2 is 1.91 bits per heavy atom. The maximum absolute atomic E-state index is 10.8. The number of aromatic hydroxyl groups is 1. The van der Waals surface area contributed by atoms with Crippen LogP contribution in [0.15, 0.2) is 72.3 Å². The van der Waals surface area contributed by atoms with Crippen molar-refractivity contribution in [3.8, 4) is 17.0 Å². The van der Waals surface area contributed by atoms with Crippen LogP contribution in [-0.4, -0.2) is 26.4 Å². The number of nitrogens with one attached hydrogen (secondary N) is 1. The Balaban J connectivity index is 1.68. The maximum atomic E-state index is 10.8. The molecule has 1 heterocycles. The van der Waals surface area contributed by atoms with Crippen molar-refractivity contribution < 1.29 is 10.2 Å². The molecule has 5 heteroatoms. The van der Waals surface area contributed by atoms with E-state index in [2.05, 4.69) is 5.32 Å². The van der Waals surface area contributed by atoms with Gasteiger partial charge in [-0.1, -0.05) is 59.7 Å². The van der Waals surface area contributed by atoms with Crippen LogP contribution in [0.4, 0.5) is 5.82 Å². The van der Waals surface area contributed by atoms with Crippen molar-refractivity contribution >= 4 is 11.9 Å². The van der Waals surface area contributed by atoms with Gasteiger partial charge in [0.1, 0.15) is 17.7 Å². The van der Waals surface area contributed by atoms with E-state index in [1.807, 2.05) is 81.5 Å². The molecule has 1 aromatic heterocycles. The van der Waals surface area contributed by atoms with Gasteiger partial charge in [0.05, 0.1) is 11.4 Å². The van der Waals surface area contributed by atoms with Gasteiger partial charge in [0.25, 0.3) is 0 Å². The highest BCUT2D eigenvalue weighted by Gasteiger charge is 2.22. The lowest BCUT2D eigenvalue weighted by Crippen LogP contribution is -2.24. The first-order valence-corrected chi connectivity index (χ1v) is 11.6. The van der Waals surface area contributed by atoms with Crippen molar-refractivity contribution in [2.75, 3.05) is 5.32 Å². The van der Waals surface area contributed by atoms with Crippen LogP contribution in [0.3, 0.4) is 0 Å². The van der Waals surface area contributed by atoms with Gasteiger partial charge >= 0.3 is 0 Å². The molecule has 0 spiro atoms. The Morgan fingerprint density at radius 3 is 2.68 bits per heavy atom. The Morgan fingerprint density at radius 1 is 1.12 bits per heavy atom. The highest BCUT2D eigenvalue weighted by Crippen LogP contribution is 2.35. The van der Waals surface area contributed by atoms with Crippen LogP contribution in [0.5, 0.6) is 5.75 Å². The minimum absolute atomic E-state index is 0.262. The Bertz CT molecular complexity index is 1260. The number of rotatable bonds is 7. The predicted molar refractivity (Wildman–Crippen MR) is 139 cm³/mol. The Hall–Kier alpha value is -3.70. The van der Waals surface area contributed by atoms with Crippen LogP contribution in [0, 0.1) is 6.92 Å². The zero-order chi connectivity index (χ0) is 24.1. The van der Waals surface area contributed by atoms with Crippen molar-refractivity contribution in [1.29, 1.82) is 0 Å². The lowest BCUT2D eigenvalue weighted by atomic mass is 9.91. The summed E-state index contributed by atoms with van der Waals surface area (Å²) in [4.78, 5) is 9.85. The number of aryl methyl sites for hydroxylation is 3. The molecule has 0 saturated carbocycles. The summed E-state index contributed by atoms with van der Waals surface area (Å²) in [6.45, 7) is 6.06. The van der Waals surface area contributed by atoms with E-state index in [9.17, 15) is 10.2 Å². The average molecular weight is 454 g/mol. The van der Waals surface area contributed by atoms with Crippen LogP contribution in [0.2, 0.25) is 0 Å². The molecule has 3 N–H and O–H groups in total. The van der Waals surface area contributed by atoms with Gasteiger partial charge in [-0.25, -0.2) is 9.97 Å². The van der Waals surface area contributed by atoms with Gasteiger partial charge in [0.15, 0.2) is 5.82 Å². The number of nitrogens with zero attached hydrogens (tertiary/aromatic N) is 2. The van der Waals surface area contributed by atoms with Crippen LogP contribution < -0.4 is 5.32 Å². The molecule has 0 fully saturated rings. The highest BCUT2D eigenvalue weighted by atomic mass is 16.3. The zero-order valence-corrected chi connectivity index (χ0v) is 19.9. The molecule has 1 aliphatic rings. The zero-order valence-electron chi connectivity index (χ0n) is 19.9. The molecule has 34 heavy (non-hydrogen) atoms. The topological polar surface area (TPSA) is 78.3 Å². The summed E-state index contributed by atoms with van der Waals surface area (Å²) in [5, 5.41) is 23.9. The van der Waals surface area contributed by atoms with Crippen molar-refractivity contribution in [3.05, 3.63) is 100 Å². The second kappa shape index (κ2) is 10.5. The molecule has 5 nitrogen and oxygen atoms in total. The first-order valence-electron chi connectivity index (χ1n) is 11.6. The number of hydrogen-bond acceptors (Lipinski definition) is 5. The number of benzene rings is 2. The molecule has 2 aromatic carbocycles. The number of phenolic OH excluding ortho intramolecular Hbond substituents is 1. The maximum Gasteiger partial charge on any atom is 0.154 e. The molecular weight excluding hydrogens is 422 g/mol. The van der Waals surface area contributed by atoms with Crippen molar-refractivity contribution in [2.24, 2.45) is 0 Å². The molecule has 4 rings (SSSR count). The molecule has 0 radical (unpaired) electrons. The minimum atomic E-state index is -0.797. The van der Waals surface area contributed by atoms with E-state index in [-0.39, 0.29) is 5.75 Å². The Kier molecular flexibility index (Phi) is 7.24. The highest BCUT2D eigenvalue weighted by molar-refractivity contribution is 5.73. The first kappa shape index (κ1) is 23.5. The van der Waals surface area contributed by atoms with Crippen molar-refractivity contribution in [2.45, 2.75) is 46.3 Å². The summed E-state index contributed by atoms with van der Waals surface area (Å²) in [5.41, 5.74) is 7.76. The summed E-state index contributed by atoms with van der Waals surface area (Å²) in [6, 6.07) is 13.5. The number of fused-ring (bicyclic) bond motifs is 3. The number of anilines is 1. The van der Waals surface area contributed by atoms with Crippen molar-refractivity contribution in [3.63, 3.8) is 0 Å². The number of phenols is 1. The van der Waals surface area contributed by atoms with Crippen LogP contribution in [0.1, 0.15) is 41.9 Å². The van der Waals surface area contributed by atoms with E-state index in [0.717, 1.165) is 46.5 Å². The number of aliphatic hydroxyl groups is 1. The first-order chi connectivity index (χ1) is 16.4. The minimum Gasteiger partial charge on any atom is -0.508 e. The third kappa shape index (κ3) is 5.61. The van der Waals surface area contributed by atoms with E-state index in [4.69, 9.17) is 9.97 Å². The molecule has 3 aromatic rings. The summed E-state index contributed by atoms with van der Waals surface area (Å²) in [7, 11) is 0. The molecule has 1 aliphatic carbocycles. The fraction of sp³-hybridized carbons (Fsp3) is 0.241. The number of allylic oxidation sites excluding steroid dienone is 5. The van der Waals surface area contributed by atoms with Gasteiger partial charge in [-0.05, 0) is 69.0 Å². The fourth-order valence-corrected chi connectivity index (χ4v) is 4.04. The monoisotopic (exact) mass is 453 g/mol. The van der Waals surface area contributed by atoms with E-state index >= 15 is 0 Å². The van der Waals surface area contributed by atoms with E-state index < -0.39 is 6.23 Å². The molecule has 1 atom stereocenters. The number of aromatic nitrogens is 2. The van der Waals surface area contributed by atoms with Gasteiger partial charge in [-0.2, -0.15) is 0 Å². The molecular formula is C29H31N3O2. The molecule has 0 amide bonds. The van der Waals surface area contributed by atoms with Gasteiger partial charge in [0.2, 0.25) is 0 Å². The number of hydrogen-bond donors (Lipinski definition) is 3. The summed E-state index contributed by atoms with van der Waals surface area (Å²) in [5.74, 6) is 0.827. The molecule has 174 valence electrons. The summed E-state index contributed by atoms with van der Waals surface area (Å²) >= 11 is 0. The molecule has 0 bridgehead atoms. The van der Waals surface area contributed by atoms with Crippen LogP contribution >= 0.6 is 0 Å². The van der Waals surface area contributed by atoms with Crippen molar-refractivity contribution in [1.82, 2.24) is 9.97 Å². The largest absolute Gasteiger partial charge is 0.508 e. The third-order valence-corrected chi connectivity index (χ3v) is 5.88. The molecule has 1 unspecified atom stereocenters. The van der Waals surface area contributed by atoms with E-state index in [0.29, 0.717) is 17.9 Å². The lowest BCUT2D eigenvalue weighted by molar-refractivity contribution is 0.203. The average Bonchev–Trinajstić information content (AvgIpc) is 2.82. The second-order valence-corrected chi connectivity index (χ2v) is 8.71. The van der Waals surface area contributed by atoms with E-state index in [1.165, 1.54) is 5.56 Å². The van der Waals surface area contributed by atoms with E-state index in [1.54, 1.807) is 12.1 Å². The van der Waals surface area contributed by atoms with Gasteiger partial charge in [0, 0.05) is 12.0 Å². The quantitative estimate of drug-likeness (QED) is 0.313. The molecule has 0 aliphatic heterocycles. The number of aliphatic hydroxyl groups excluding tert-OH is 1. The lowest BCUT2D eigenvalue weighted by Gasteiger charge is -2.22. The smallest absolute Gasteiger partial charge is 0.154 e. The fourth-order valence-electron chi connectivity index (χ4n) is 4.04. The Labute approximate surface area is 201 Å². The summed E-state index contributed by atoms with van der Waals surface area (Å²) < 4.78 is 0. The summed E-state index contributed by atoms with van der Waals surface area (Å²) in [6.07, 6.45) is 11.1. The van der Waals surface area contributed by atoms with Gasteiger partial charge in [-0.3, -0.25) is 0 Å². The normalized spacial score (nSPS) is 14.3. The SMILES string of the molecule is C\C=C/C=C(C)/C=C/c1nc2c(nc1NC(O)Cc1ccc(C)cc1)CCc1cc(O)ccc1-2. The third-order valence-electron chi connectivity index (χ3n) is 5.88. The predicted octanol–water partition coefficient (Wildman–Crippen LogP) is 5.76. The standard InChI is InChI=1S/C29H31N3O2/c1-4-5-6-19(2)9-15-26-29(32-27(34)17-21-10-7-20(3)8-11-21)31-25-16-12-22-18-23(33)13-14-24(22)28(25)30-26/h4-11,13-15,18,27,33-34H,12,16-17H2,1-3H3,(H,31,32)/b5-4-,15-9+,19-6+. The van der Waals surface area contributed by atoms with Gasteiger partial charge < -0.3 is 15.5 Å². The molecule has 0 saturated heterocycles. The van der Waals surface area contributed by atoms with Crippen LogP contribution in [-0.2, 0) is 19.3 Å². The van der Waals surface area contributed by atoms with Crippen LogP contribution in [0.25, 0.3) is 17.3 Å².